The van der Waals surface area contributed by atoms with Crippen LogP contribution in [-0.2, 0) is 25.6 Å². The molecule has 0 aliphatic carbocycles. The average Bonchev–Trinajstić information content (AvgIpc) is 2.70. The highest BCUT2D eigenvalue weighted by molar-refractivity contribution is 5.70. The highest BCUT2D eigenvalue weighted by atomic mass is 16.6. The topological polar surface area (TPSA) is 85.4 Å². The number of carbonyl (C=O) groups is 3. The van der Waals surface area contributed by atoms with Crippen LogP contribution in [0.1, 0.15) is 26.3 Å². The van der Waals surface area contributed by atoms with E-state index in [1.165, 1.54) is 6.08 Å². The molecule has 0 aromatic heterocycles. The van der Waals surface area contributed by atoms with Gasteiger partial charge in [0.1, 0.15) is 18.8 Å². The highest BCUT2D eigenvalue weighted by Gasteiger charge is 2.28. The third-order valence-corrected chi connectivity index (χ3v) is 3.68. The van der Waals surface area contributed by atoms with Crippen molar-refractivity contribution in [3.05, 3.63) is 48.6 Å². The molecule has 1 aliphatic rings. The van der Waals surface area contributed by atoms with Gasteiger partial charge in [0.05, 0.1) is 0 Å². The molecule has 1 aliphatic heterocycles. The first kappa shape index (κ1) is 24.0. The SMILES string of the molecule is C=CCOC(=O)N1CCN(C(=O)OC(C)(C)C)CC1.O=COCc1ccccc1. The maximum Gasteiger partial charge on any atom is 0.410 e. The molecular weight excluding hydrogens is 376 g/mol. The zero-order valence-electron chi connectivity index (χ0n) is 17.3. The molecule has 1 saturated heterocycles. The van der Waals surface area contributed by atoms with Crippen molar-refractivity contribution < 1.29 is 28.6 Å². The van der Waals surface area contributed by atoms with Gasteiger partial charge in [-0.25, -0.2) is 9.59 Å². The van der Waals surface area contributed by atoms with Crippen LogP contribution in [0.15, 0.2) is 43.0 Å². The first-order valence-corrected chi connectivity index (χ1v) is 9.36. The largest absolute Gasteiger partial charge is 0.463 e. The minimum Gasteiger partial charge on any atom is -0.463 e. The molecule has 0 radical (unpaired) electrons. The van der Waals surface area contributed by atoms with Gasteiger partial charge in [-0.2, -0.15) is 0 Å². The lowest BCUT2D eigenvalue weighted by Gasteiger charge is -2.34. The minimum atomic E-state index is -0.503. The monoisotopic (exact) mass is 406 g/mol. The molecule has 0 spiro atoms. The van der Waals surface area contributed by atoms with Crippen LogP contribution in [0.2, 0.25) is 0 Å². The molecule has 2 amide bonds. The van der Waals surface area contributed by atoms with E-state index in [0.29, 0.717) is 39.3 Å². The number of amides is 2. The zero-order chi connectivity index (χ0) is 21.7. The second-order valence-corrected chi connectivity index (χ2v) is 7.21. The average molecular weight is 406 g/mol. The first-order chi connectivity index (χ1) is 13.8. The maximum atomic E-state index is 11.8. The smallest absolute Gasteiger partial charge is 0.410 e. The summed E-state index contributed by atoms with van der Waals surface area (Å²) in [7, 11) is 0. The van der Waals surface area contributed by atoms with Crippen LogP contribution in [0.25, 0.3) is 0 Å². The molecule has 0 atom stereocenters. The van der Waals surface area contributed by atoms with Gasteiger partial charge in [0.2, 0.25) is 0 Å². The summed E-state index contributed by atoms with van der Waals surface area (Å²) >= 11 is 0. The summed E-state index contributed by atoms with van der Waals surface area (Å²) in [5.41, 5.74) is 0.506. The van der Waals surface area contributed by atoms with Gasteiger partial charge in [0.25, 0.3) is 6.47 Å². The van der Waals surface area contributed by atoms with Gasteiger partial charge in [0.15, 0.2) is 0 Å². The van der Waals surface area contributed by atoms with Crippen LogP contribution in [0.4, 0.5) is 9.59 Å². The number of piperazine rings is 1. The van der Waals surface area contributed by atoms with Crippen molar-refractivity contribution in [1.29, 1.82) is 0 Å². The lowest BCUT2D eigenvalue weighted by atomic mass is 10.2. The van der Waals surface area contributed by atoms with E-state index in [0.717, 1.165) is 5.56 Å². The molecule has 0 saturated carbocycles. The summed E-state index contributed by atoms with van der Waals surface area (Å²) < 4.78 is 14.8. The van der Waals surface area contributed by atoms with E-state index in [9.17, 15) is 14.4 Å². The molecule has 0 unspecified atom stereocenters. The van der Waals surface area contributed by atoms with Gasteiger partial charge in [-0.3, -0.25) is 4.79 Å². The summed E-state index contributed by atoms with van der Waals surface area (Å²) in [6.45, 7) is 11.8. The molecule has 0 N–H and O–H groups in total. The minimum absolute atomic E-state index is 0.200. The fourth-order valence-electron chi connectivity index (χ4n) is 2.32. The van der Waals surface area contributed by atoms with Crippen LogP contribution < -0.4 is 0 Å². The summed E-state index contributed by atoms with van der Waals surface area (Å²) in [5.74, 6) is 0. The predicted molar refractivity (Wildman–Crippen MR) is 108 cm³/mol. The van der Waals surface area contributed by atoms with Crippen LogP contribution in [0.3, 0.4) is 0 Å². The number of nitrogens with zero attached hydrogens (tertiary/aromatic N) is 2. The van der Waals surface area contributed by atoms with Crippen molar-refractivity contribution in [2.45, 2.75) is 33.0 Å². The van der Waals surface area contributed by atoms with Gasteiger partial charge in [0, 0.05) is 26.2 Å². The fourth-order valence-corrected chi connectivity index (χ4v) is 2.32. The van der Waals surface area contributed by atoms with E-state index in [4.69, 9.17) is 9.47 Å². The molecule has 1 aromatic carbocycles. The lowest BCUT2D eigenvalue weighted by molar-refractivity contribution is -0.129. The van der Waals surface area contributed by atoms with Crippen molar-refractivity contribution in [2.24, 2.45) is 0 Å². The van der Waals surface area contributed by atoms with Gasteiger partial charge < -0.3 is 24.0 Å². The molecular formula is C21H30N2O6. The summed E-state index contributed by atoms with van der Waals surface area (Å²) in [6.07, 6.45) is 0.810. The van der Waals surface area contributed by atoms with E-state index in [1.807, 2.05) is 51.1 Å². The number of ether oxygens (including phenoxy) is 3. The molecule has 8 heteroatoms. The Balaban J connectivity index is 0.000000352. The molecule has 8 nitrogen and oxygen atoms in total. The van der Waals surface area contributed by atoms with E-state index in [1.54, 1.807) is 9.80 Å². The number of carbonyl (C=O) groups excluding carboxylic acids is 3. The Morgan fingerprint density at radius 1 is 1.03 bits per heavy atom. The van der Waals surface area contributed by atoms with Gasteiger partial charge in [-0.15, -0.1) is 0 Å². The summed E-state index contributed by atoms with van der Waals surface area (Å²) in [5, 5.41) is 0. The molecule has 29 heavy (non-hydrogen) atoms. The van der Waals surface area contributed by atoms with E-state index >= 15 is 0 Å². The Kier molecular flexibility index (Phi) is 10.3. The molecule has 1 aromatic rings. The number of hydrogen-bond donors (Lipinski definition) is 0. The van der Waals surface area contributed by atoms with Gasteiger partial charge in [-0.05, 0) is 26.3 Å². The number of rotatable bonds is 5. The Hall–Kier alpha value is -3.03. The molecule has 2 rings (SSSR count). The molecule has 0 bridgehead atoms. The van der Waals surface area contributed by atoms with Gasteiger partial charge >= 0.3 is 12.2 Å². The second-order valence-electron chi connectivity index (χ2n) is 7.21. The Morgan fingerprint density at radius 3 is 2.07 bits per heavy atom. The number of benzene rings is 1. The maximum absolute atomic E-state index is 11.8. The number of hydrogen-bond acceptors (Lipinski definition) is 6. The fraction of sp³-hybridized carbons (Fsp3) is 0.476. The predicted octanol–water partition coefficient (Wildman–Crippen LogP) is 3.22. The zero-order valence-corrected chi connectivity index (χ0v) is 17.3. The quantitative estimate of drug-likeness (QED) is 0.424. The Morgan fingerprint density at radius 2 is 1.59 bits per heavy atom. The Bertz CT molecular complexity index is 649. The van der Waals surface area contributed by atoms with Crippen molar-refractivity contribution in [3.8, 4) is 0 Å². The third-order valence-electron chi connectivity index (χ3n) is 3.68. The van der Waals surface area contributed by atoms with Crippen molar-refractivity contribution in [1.82, 2.24) is 9.80 Å². The van der Waals surface area contributed by atoms with Gasteiger partial charge in [-0.1, -0.05) is 43.0 Å². The van der Waals surface area contributed by atoms with Crippen molar-refractivity contribution in [2.75, 3.05) is 32.8 Å². The van der Waals surface area contributed by atoms with Crippen LogP contribution >= 0.6 is 0 Å². The van der Waals surface area contributed by atoms with E-state index in [2.05, 4.69) is 11.3 Å². The second kappa shape index (κ2) is 12.4. The van der Waals surface area contributed by atoms with Crippen molar-refractivity contribution in [3.63, 3.8) is 0 Å². The summed E-state index contributed by atoms with van der Waals surface area (Å²) in [6, 6.07) is 9.55. The van der Waals surface area contributed by atoms with Crippen LogP contribution in [0, 0.1) is 0 Å². The van der Waals surface area contributed by atoms with Crippen LogP contribution in [-0.4, -0.2) is 66.8 Å². The lowest BCUT2D eigenvalue weighted by Crippen LogP contribution is -2.51. The van der Waals surface area contributed by atoms with E-state index < -0.39 is 5.60 Å². The van der Waals surface area contributed by atoms with E-state index in [-0.39, 0.29) is 18.8 Å². The van der Waals surface area contributed by atoms with Crippen molar-refractivity contribution >= 4 is 18.7 Å². The third kappa shape index (κ3) is 10.2. The molecule has 160 valence electrons. The highest BCUT2D eigenvalue weighted by Crippen LogP contribution is 2.12. The van der Waals surface area contributed by atoms with Crippen LogP contribution in [0.5, 0.6) is 0 Å². The standard InChI is InChI=1S/C13H22N2O4.C8H8O2/c1-5-10-18-11(16)14-6-8-15(9-7-14)12(17)19-13(2,3)4;9-7-10-6-8-4-2-1-3-5-8/h5H,1,6-10H2,2-4H3;1-5,7H,6H2. The summed E-state index contributed by atoms with van der Waals surface area (Å²) in [4.78, 5) is 36.3. The first-order valence-electron chi connectivity index (χ1n) is 9.36. The Labute approximate surface area is 172 Å². The normalized spacial score (nSPS) is 13.5. The molecule has 1 heterocycles. The molecule has 1 fully saturated rings.